The summed E-state index contributed by atoms with van der Waals surface area (Å²) in [5, 5.41) is 3.72. The summed E-state index contributed by atoms with van der Waals surface area (Å²) in [6.45, 7) is 3.95. The van der Waals surface area contributed by atoms with Gasteiger partial charge in [-0.3, -0.25) is 0 Å². The normalized spacial score (nSPS) is 20.8. The molecule has 1 aliphatic heterocycles. The first-order valence-electron chi connectivity index (χ1n) is 7.17. The van der Waals surface area contributed by atoms with Crippen molar-refractivity contribution in [2.75, 3.05) is 19.6 Å². The lowest BCUT2D eigenvalue weighted by atomic mass is 10.1. The predicted octanol–water partition coefficient (Wildman–Crippen LogP) is 2.74. The standard InChI is InChI=1S/C15H20ClNO5S/c1-4-21-14-11(6-5-7-12(14)20-3)9-23(18,19)13-8-15(2,10-16)22-17-13/h5-7H,4,8-10H2,1-3H3. The van der Waals surface area contributed by atoms with E-state index in [9.17, 15) is 8.42 Å². The van der Waals surface area contributed by atoms with E-state index in [0.29, 0.717) is 23.7 Å². The van der Waals surface area contributed by atoms with E-state index in [0.717, 1.165) is 0 Å². The number of oxime groups is 1. The van der Waals surface area contributed by atoms with Crippen LogP contribution in [0.1, 0.15) is 25.8 Å². The molecule has 6 nitrogen and oxygen atoms in total. The molecule has 0 saturated carbocycles. The second kappa shape index (κ2) is 6.97. The van der Waals surface area contributed by atoms with Crippen LogP contribution in [0.5, 0.6) is 11.5 Å². The summed E-state index contributed by atoms with van der Waals surface area (Å²) in [6.07, 6.45) is 0.159. The Bertz CT molecular complexity index is 704. The molecule has 8 heteroatoms. The van der Waals surface area contributed by atoms with Crippen molar-refractivity contribution in [3.63, 3.8) is 0 Å². The average Bonchev–Trinajstić information content (AvgIpc) is 2.93. The minimum absolute atomic E-state index is 0.00548. The quantitative estimate of drug-likeness (QED) is 0.728. The number of benzene rings is 1. The smallest absolute Gasteiger partial charge is 0.199 e. The van der Waals surface area contributed by atoms with E-state index in [1.807, 2.05) is 6.92 Å². The SMILES string of the molecule is CCOc1c(CS(=O)(=O)C2=NOC(C)(CCl)C2)cccc1OC. The van der Waals surface area contributed by atoms with Gasteiger partial charge in [0.05, 0.1) is 25.3 Å². The zero-order chi connectivity index (χ0) is 17.1. The molecule has 1 unspecified atom stereocenters. The summed E-state index contributed by atoms with van der Waals surface area (Å²) in [5.41, 5.74) is -0.255. The monoisotopic (exact) mass is 361 g/mol. The van der Waals surface area contributed by atoms with Crippen LogP contribution in [0.15, 0.2) is 23.4 Å². The number of nitrogens with zero attached hydrogens (tertiary/aromatic N) is 1. The third kappa shape index (κ3) is 3.90. The van der Waals surface area contributed by atoms with E-state index in [1.165, 1.54) is 7.11 Å². The van der Waals surface area contributed by atoms with Crippen LogP contribution in [-0.2, 0) is 20.4 Å². The molecule has 0 amide bonds. The molecule has 0 fully saturated rings. The van der Waals surface area contributed by atoms with Crippen molar-refractivity contribution in [2.24, 2.45) is 5.16 Å². The van der Waals surface area contributed by atoms with Gasteiger partial charge in [0.2, 0.25) is 0 Å². The summed E-state index contributed by atoms with van der Waals surface area (Å²) in [5.74, 6) is 0.856. The van der Waals surface area contributed by atoms with E-state index in [-0.39, 0.29) is 23.1 Å². The molecule has 0 aliphatic carbocycles. The maximum atomic E-state index is 12.6. The van der Waals surface area contributed by atoms with Gasteiger partial charge in [0.15, 0.2) is 32.0 Å². The number of hydrogen-bond donors (Lipinski definition) is 0. The molecule has 23 heavy (non-hydrogen) atoms. The number of para-hydroxylation sites is 1. The fraction of sp³-hybridized carbons (Fsp3) is 0.533. The molecule has 1 aromatic rings. The van der Waals surface area contributed by atoms with Crippen molar-refractivity contribution >= 4 is 26.5 Å². The lowest BCUT2D eigenvalue weighted by molar-refractivity contribution is 0.0152. The Morgan fingerprint density at radius 3 is 2.74 bits per heavy atom. The molecule has 0 saturated heterocycles. The van der Waals surface area contributed by atoms with E-state index >= 15 is 0 Å². The Kier molecular flexibility index (Phi) is 5.41. The van der Waals surface area contributed by atoms with Gasteiger partial charge in [-0.05, 0) is 19.9 Å². The fourth-order valence-corrected chi connectivity index (χ4v) is 3.84. The van der Waals surface area contributed by atoms with Gasteiger partial charge in [0.25, 0.3) is 0 Å². The van der Waals surface area contributed by atoms with Gasteiger partial charge < -0.3 is 14.3 Å². The lowest BCUT2D eigenvalue weighted by Crippen LogP contribution is -2.28. The van der Waals surface area contributed by atoms with E-state index in [4.69, 9.17) is 25.9 Å². The predicted molar refractivity (Wildman–Crippen MR) is 89.0 cm³/mol. The van der Waals surface area contributed by atoms with Crippen LogP contribution in [0, 0.1) is 0 Å². The van der Waals surface area contributed by atoms with Crippen molar-refractivity contribution in [1.29, 1.82) is 0 Å². The highest BCUT2D eigenvalue weighted by atomic mass is 35.5. The van der Waals surface area contributed by atoms with Crippen LogP contribution in [0.4, 0.5) is 0 Å². The van der Waals surface area contributed by atoms with Crippen LogP contribution in [-0.4, -0.2) is 38.7 Å². The number of hydrogen-bond acceptors (Lipinski definition) is 6. The molecule has 0 radical (unpaired) electrons. The molecule has 0 bridgehead atoms. The highest BCUT2D eigenvalue weighted by Gasteiger charge is 2.39. The Balaban J connectivity index is 2.28. The van der Waals surface area contributed by atoms with Crippen LogP contribution in [0.2, 0.25) is 0 Å². The Morgan fingerprint density at radius 2 is 2.17 bits per heavy atom. The Hall–Kier alpha value is -1.47. The molecule has 128 valence electrons. The van der Waals surface area contributed by atoms with Crippen LogP contribution in [0.25, 0.3) is 0 Å². The first-order chi connectivity index (χ1) is 10.8. The molecule has 0 N–H and O–H groups in total. The van der Waals surface area contributed by atoms with Gasteiger partial charge in [-0.25, -0.2) is 8.42 Å². The van der Waals surface area contributed by atoms with Crippen LogP contribution < -0.4 is 9.47 Å². The second-order valence-corrected chi connectivity index (χ2v) is 7.73. The van der Waals surface area contributed by atoms with Crippen molar-refractivity contribution in [2.45, 2.75) is 31.6 Å². The molecule has 1 heterocycles. The third-order valence-electron chi connectivity index (χ3n) is 3.45. The summed E-state index contributed by atoms with van der Waals surface area (Å²) in [6, 6.07) is 5.14. The Morgan fingerprint density at radius 1 is 1.43 bits per heavy atom. The highest BCUT2D eigenvalue weighted by Crippen LogP contribution is 2.34. The van der Waals surface area contributed by atoms with Gasteiger partial charge in [-0.15, -0.1) is 11.6 Å². The van der Waals surface area contributed by atoms with E-state index in [1.54, 1.807) is 25.1 Å². The number of ether oxygens (including phenoxy) is 2. The Labute approximate surface area is 141 Å². The zero-order valence-electron chi connectivity index (χ0n) is 13.3. The van der Waals surface area contributed by atoms with Gasteiger partial charge in [0.1, 0.15) is 0 Å². The van der Waals surface area contributed by atoms with Gasteiger partial charge in [-0.2, -0.15) is 0 Å². The van der Waals surface area contributed by atoms with Gasteiger partial charge >= 0.3 is 0 Å². The lowest BCUT2D eigenvalue weighted by Gasteiger charge is -2.17. The first-order valence-corrected chi connectivity index (χ1v) is 9.36. The molecule has 0 aromatic heterocycles. The van der Waals surface area contributed by atoms with Gasteiger partial charge in [-0.1, -0.05) is 17.3 Å². The van der Waals surface area contributed by atoms with Crippen LogP contribution >= 0.6 is 11.6 Å². The highest BCUT2D eigenvalue weighted by molar-refractivity contribution is 8.05. The minimum Gasteiger partial charge on any atom is -0.493 e. The molecule has 1 aliphatic rings. The topological polar surface area (TPSA) is 74.2 Å². The molecule has 0 spiro atoms. The molecular formula is C15H20ClNO5S. The van der Waals surface area contributed by atoms with Crippen molar-refractivity contribution in [3.05, 3.63) is 23.8 Å². The van der Waals surface area contributed by atoms with Crippen molar-refractivity contribution in [1.82, 2.24) is 0 Å². The molecule has 1 atom stereocenters. The number of alkyl halides is 1. The first kappa shape index (κ1) is 17.9. The number of methoxy groups -OCH3 is 1. The molecule has 1 aromatic carbocycles. The second-order valence-electron chi connectivity index (χ2n) is 5.48. The van der Waals surface area contributed by atoms with Crippen molar-refractivity contribution in [3.8, 4) is 11.5 Å². The summed E-state index contributed by atoms with van der Waals surface area (Å²) < 4.78 is 36.0. The van der Waals surface area contributed by atoms with Crippen LogP contribution in [0.3, 0.4) is 0 Å². The zero-order valence-corrected chi connectivity index (χ0v) is 14.9. The number of sulfone groups is 1. The summed E-state index contributed by atoms with van der Waals surface area (Å²) in [7, 11) is -2.12. The molecular weight excluding hydrogens is 342 g/mol. The average molecular weight is 362 g/mol. The largest absolute Gasteiger partial charge is 0.493 e. The summed E-state index contributed by atoms with van der Waals surface area (Å²) in [4.78, 5) is 5.17. The third-order valence-corrected chi connectivity index (χ3v) is 5.64. The van der Waals surface area contributed by atoms with Crippen molar-refractivity contribution < 1.29 is 22.7 Å². The van der Waals surface area contributed by atoms with Gasteiger partial charge in [0, 0.05) is 12.0 Å². The fourth-order valence-electron chi connectivity index (χ4n) is 2.22. The summed E-state index contributed by atoms with van der Waals surface area (Å²) >= 11 is 5.80. The molecule has 2 rings (SSSR count). The maximum Gasteiger partial charge on any atom is 0.199 e. The number of rotatable bonds is 6. The maximum absolute atomic E-state index is 12.6. The van der Waals surface area contributed by atoms with E-state index in [2.05, 4.69) is 5.16 Å². The van der Waals surface area contributed by atoms with E-state index < -0.39 is 15.4 Å². The number of halogens is 1. The minimum atomic E-state index is -3.63.